The third kappa shape index (κ3) is 4.49. The summed E-state index contributed by atoms with van der Waals surface area (Å²) in [6.45, 7) is 0.514. The van der Waals surface area contributed by atoms with Crippen molar-refractivity contribution in [1.29, 1.82) is 0 Å². The molecule has 0 fully saturated rings. The highest BCUT2D eigenvalue weighted by atomic mass is 32.1. The van der Waals surface area contributed by atoms with Gasteiger partial charge in [-0.05, 0) is 23.9 Å². The van der Waals surface area contributed by atoms with E-state index in [1.807, 2.05) is 17.5 Å². The van der Waals surface area contributed by atoms with E-state index in [-0.39, 0.29) is 23.7 Å². The molecule has 0 saturated carbocycles. The van der Waals surface area contributed by atoms with Crippen LogP contribution >= 0.6 is 11.3 Å². The van der Waals surface area contributed by atoms with Crippen LogP contribution in [0.2, 0.25) is 0 Å². The van der Waals surface area contributed by atoms with Crippen molar-refractivity contribution in [2.45, 2.75) is 19.1 Å². The molecular formula is C17H17FN4O2S. The van der Waals surface area contributed by atoms with Crippen molar-refractivity contribution in [3.8, 4) is 0 Å². The summed E-state index contributed by atoms with van der Waals surface area (Å²) >= 11 is 1.64. The Labute approximate surface area is 147 Å². The molecule has 1 amide bonds. The number of nitrogens with zero attached hydrogens (tertiary/aromatic N) is 3. The second kappa shape index (κ2) is 8.00. The van der Waals surface area contributed by atoms with Crippen LogP contribution < -0.4 is 5.32 Å². The normalized spacial score (nSPS) is 12.1. The molecule has 2 aromatic heterocycles. The number of benzene rings is 1. The Morgan fingerprint density at radius 2 is 2.16 bits per heavy atom. The monoisotopic (exact) mass is 360 g/mol. The van der Waals surface area contributed by atoms with Crippen molar-refractivity contribution >= 4 is 17.2 Å². The maximum absolute atomic E-state index is 13.7. The summed E-state index contributed by atoms with van der Waals surface area (Å²) in [6, 6.07) is 9.97. The highest BCUT2D eigenvalue weighted by Crippen LogP contribution is 2.18. The molecule has 0 aliphatic carbocycles. The van der Waals surface area contributed by atoms with Crippen LogP contribution in [0.25, 0.3) is 0 Å². The van der Waals surface area contributed by atoms with Gasteiger partial charge in [0.15, 0.2) is 5.69 Å². The van der Waals surface area contributed by atoms with Crippen LogP contribution in [-0.4, -0.2) is 32.6 Å². The van der Waals surface area contributed by atoms with Crippen LogP contribution in [0.3, 0.4) is 0 Å². The molecule has 2 N–H and O–H groups in total. The van der Waals surface area contributed by atoms with E-state index in [4.69, 9.17) is 0 Å². The number of aliphatic hydroxyl groups is 1. The number of thiophene rings is 1. The number of hydrogen-bond donors (Lipinski definition) is 2. The van der Waals surface area contributed by atoms with Crippen molar-refractivity contribution in [1.82, 2.24) is 20.3 Å². The number of hydrogen-bond acceptors (Lipinski definition) is 5. The summed E-state index contributed by atoms with van der Waals surface area (Å²) in [4.78, 5) is 13.2. The second-order valence-corrected chi connectivity index (χ2v) is 6.48. The zero-order valence-electron chi connectivity index (χ0n) is 13.3. The third-order valence-corrected chi connectivity index (χ3v) is 4.57. The quantitative estimate of drug-likeness (QED) is 0.677. The molecule has 0 saturated heterocycles. The lowest BCUT2D eigenvalue weighted by atomic mass is 10.1. The highest BCUT2D eigenvalue weighted by molar-refractivity contribution is 7.09. The van der Waals surface area contributed by atoms with Gasteiger partial charge in [-0.3, -0.25) is 4.79 Å². The Kier molecular flexibility index (Phi) is 5.52. The Morgan fingerprint density at radius 1 is 1.32 bits per heavy atom. The number of amides is 1. The van der Waals surface area contributed by atoms with E-state index in [9.17, 15) is 14.3 Å². The first-order valence-electron chi connectivity index (χ1n) is 7.76. The van der Waals surface area contributed by atoms with Gasteiger partial charge in [-0.2, -0.15) is 0 Å². The first-order valence-corrected chi connectivity index (χ1v) is 8.64. The molecule has 130 valence electrons. The molecule has 0 aliphatic rings. The van der Waals surface area contributed by atoms with Crippen LogP contribution in [0.5, 0.6) is 0 Å². The number of aromatic nitrogens is 3. The van der Waals surface area contributed by atoms with E-state index >= 15 is 0 Å². The topological polar surface area (TPSA) is 80.0 Å². The lowest BCUT2D eigenvalue weighted by Gasteiger charge is -2.11. The molecule has 1 atom stereocenters. The van der Waals surface area contributed by atoms with Gasteiger partial charge in [0, 0.05) is 17.0 Å². The van der Waals surface area contributed by atoms with Gasteiger partial charge in [-0.25, -0.2) is 9.07 Å². The van der Waals surface area contributed by atoms with Crippen molar-refractivity contribution in [2.24, 2.45) is 0 Å². The lowest BCUT2D eigenvalue weighted by molar-refractivity contribution is 0.0949. The van der Waals surface area contributed by atoms with Crippen molar-refractivity contribution in [2.75, 3.05) is 6.54 Å². The van der Waals surface area contributed by atoms with E-state index in [2.05, 4.69) is 15.6 Å². The minimum Gasteiger partial charge on any atom is -0.386 e. The number of halogens is 1. The number of nitrogens with one attached hydrogen (secondary N) is 1. The number of carbonyl (C=O) groups is 1. The Bertz CT molecular complexity index is 835. The summed E-state index contributed by atoms with van der Waals surface area (Å²) < 4.78 is 15.0. The predicted octanol–water partition coefficient (Wildman–Crippen LogP) is 2.18. The molecule has 0 aliphatic heterocycles. The smallest absolute Gasteiger partial charge is 0.273 e. The third-order valence-electron chi connectivity index (χ3n) is 3.63. The first-order chi connectivity index (χ1) is 12.1. The van der Waals surface area contributed by atoms with E-state index in [1.54, 1.807) is 23.5 Å². The Morgan fingerprint density at radius 3 is 2.92 bits per heavy atom. The molecule has 8 heteroatoms. The fraction of sp³-hybridized carbons (Fsp3) is 0.235. The fourth-order valence-corrected chi connectivity index (χ4v) is 3.07. The largest absolute Gasteiger partial charge is 0.386 e. The summed E-state index contributed by atoms with van der Waals surface area (Å²) in [5.41, 5.74) is 0.340. The van der Waals surface area contributed by atoms with Crippen molar-refractivity contribution in [3.63, 3.8) is 0 Å². The lowest BCUT2D eigenvalue weighted by Crippen LogP contribution is -2.25. The molecule has 3 aromatic rings. The maximum atomic E-state index is 13.7. The molecule has 0 unspecified atom stereocenters. The van der Waals surface area contributed by atoms with Gasteiger partial charge >= 0.3 is 0 Å². The maximum Gasteiger partial charge on any atom is 0.273 e. The van der Waals surface area contributed by atoms with Gasteiger partial charge in [0.2, 0.25) is 0 Å². The molecule has 0 spiro atoms. The van der Waals surface area contributed by atoms with Crippen molar-refractivity contribution in [3.05, 3.63) is 69.9 Å². The summed E-state index contributed by atoms with van der Waals surface area (Å²) in [5.74, 6) is -0.815. The molecule has 2 heterocycles. The van der Waals surface area contributed by atoms with Gasteiger partial charge in [-0.1, -0.05) is 29.5 Å². The number of carbonyl (C=O) groups excluding carboxylic acids is 1. The number of aliphatic hydroxyl groups excluding tert-OH is 1. The van der Waals surface area contributed by atoms with Gasteiger partial charge in [0.1, 0.15) is 11.9 Å². The van der Waals surface area contributed by atoms with Gasteiger partial charge in [0.05, 0.1) is 12.7 Å². The van der Waals surface area contributed by atoms with Crippen LogP contribution in [0.15, 0.2) is 48.0 Å². The highest BCUT2D eigenvalue weighted by Gasteiger charge is 2.16. The summed E-state index contributed by atoms with van der Waals surface area (Å²) in [6.07, 6.45) is 1.12. The molecule has 3 rings (SSSR count). The van der Waals surface area contributed by atoms with E-state index in [1.165, 1.54) is 27.9 Å². The summed E-state index contributed by atoms with van der Waals surface area (Å²) in [5, 5.41) is 22.5. The SMILES string of the molecule is O=C(NCCc1cccs1)c1cn(C[C@H](O)c2ccccc2F)nn1. The van der Waals surface area contributed by atoms with Gasteiger partial charge in [-0.15, -0.1) is 16.4 Å². The molecule has 0 bridgehead atoms. The summed E-state index contributed by atoms with van der Waals surface area (Å²) in [7, 11) is 0. The van der Waals surface area contributed by atoms with Gasteiger partial charge < -0.3 is 10.4 Å². The molecule has 1 aromatic carbocycles. The van der Waals surface area contributed by atoms with E-state index in [0.717, 1.165) is 6.42 Å². The minimum absolute atomic E-state index is 0.0103. The van der Waals surface area contributed by atoms with E-state index in [0.29, 0.717) is 6.54 Å². The molecule has 25 heavy (non-hydrogen) atoms. The standard InChI is InChI=1S/C17H17FN4O2S/c18-14-6-2-1-5-13(14)16(23)11-22-10-15(20-21-22)17(24)19-8-7-12-4-3-9-25-12/h1-6,9-10,16,23H,7-8,11H2,(H,19,24)/t16-/m0/s1. The zero-order chi connectivity index (χ0) is 17.6. The average Bonchev–Trinajstić information content (AvgIpc) is 3.27. The van der Waals surface area contributed by atoms with Crippen LogP contribution in [0.4, 0.5) is 4.39 Å². The molecule has 0 radical (unpaired) electrons. The minimum atomic E-state index is -1.07. The predicted molar refractivity (Wildman–Crippen MR) is 91.7 cm³/mol. The number of rotatable bonds is 7. The van der Waals surface area contributed by atoms with Crippen LogP contribution in [-0.2, 0) is 13.0 Å². The Hall–Kier alpha value is -2.58. The fourth-order valence-electron chi connectivity index (χ4n) is 2.36. The molecule has 6 nitrogen and oxygen atoms in total. The van der Waals surface area contributed by atoms with E-state index < -0.39 is 11.9 Å². The second-order valence-electron chi connectivity index (χ2n) is 5.45. The van der Waals surface area contributed by atoms with Crippen LogP contribution in [0.1, 0.15) is 27.0 Å². The average molecular weight is 360 g/mol. The zero-order valence-corrected chi connectivity index (χ0v) is 14.1. The van der Waals surface area contributed by atoms with Gasteiger partial charge in [0.25, 0.3) is 5.91 Å². The van der Waals surface area contributed by atoms with Crippen molar-refractivity contribution < 1.29 is 14.3 Å². The first kappa shape index (κ1) is 17.2. The van der Waals surface area contributed by atoms with Crippen LogP contribution in [0, 0.1) is 5.82 Å². The Balaban J connectivity index is 1.54. The molecular weight excluding hydrogens is 343 g/mol.